The highest BCUT2D eigenvalue weighted by molar-refractivity contribution is 5.74. The zero-order valence-electron chi connectivity index (χ0n) is 48.6. The Morgan fingerprint density at radius 2 is 0.760 bits per heavy atom. The van der Waals surface area contributed by atoms with Crippen LogP contribution >= 0.6 is 0 Å². The second-order valence-corrected chi connectivity index (χ2v) is 22.1. The number of hydrogen-bond acceptors (Lipinski definition) is 11. The maximum Gasteiger partial charge on any atom is 0.335 e. The van der Waals surface area contributed by atoms with Gasteiger partial charge in [-0.2, -0.15) is 0 Å². The van der Waals surface area contributed by atoms with E-state index in [2.05, 4.69) is 32.9 Å². The first-order valence-electron chi connectivity index (χ1n) is 31.7. The van der Waals surface area contributed by atoms with E-state index in [9.17, 15) is 34.5 Å². The molecule has 1 aliphatic heterocycles. The SMILES string of the molecule is CCCCCC/C=C\CCCCCCCC(=O)OCC(COC1OC(C(=O)O)C(O)C(O)C1OC(=O)CCCCCCCCCCCCCCCCCCCCC)OC(=O)CCCCCCCCCCCCCCC. The molecule has 3 N–H and O–H groups in total. The molecule has 12 heteroatoms. The Labute approximate surface area is 458 Å². The summed E-state index contributed by atoms with van der Waals surface area (Å²) in [5.41, 5.74) is 0. The molecule has 6 atom stereocenters. The highest BCUT2D eigenvalue weighted by Crippen LogP contribution is 2.27. The van der Waals surface area contributed by atoms with Crippen molar-refractivity contribution in [2.45, 2.75) is 353 Å². The predicted molar refractivity (Wildman–Crippen MR) is 304 cm³/mol. The van der Waals surface area contributed by atoms with E-state index in [1.165, 1.54) is 180 Å². The summed E-state index contributed by atoms with van der Waals surface area (Å²) in [6, 6.07) is 0. The third kappa shape index (κ3) is 42.1. The number of allylic oxidation sites excluding steroid dienone is 2. The molecule has 12 nitrogen and oxygen atoms in total. The van der Waals surface area contributed by atoms with Crippen LogP contribution in [0.3, 0.4) is 0 Å². The Morgan fingerprint density at radius 1 is 0.427 bits per heavy atom. The molecule has 0 aliphatic carbocycles. The number of unbranched alkanes of at least 4 members (excludes halogenated alkanes) is 39. The van der Waals surface area contributed by atoms with Crippen molar-refractivity contribution in [1.82, 2.24) is 0 Å². The summed E-state index contributed by atoms with van der Waals surface area (Å²) in [6.45, 7) is 6.02. The van der Waals surface area contributed by atoms with Crippen LogP contribution in [0.25, 0.3) is 0 Å². The second-order valence-electron chi connectivity index (χ2n) is 22.1. The maximum atomic E-state index is 13.1. The van der Waals surface area contributed by atoms with Gasteiger partial charge < -0.3 is 39.0 Å². The Kier molecular flexibility index (Phi) is 49.0. The highest BCUT2D eigenvalue weighted by atomic mass is 16.7. The first kappa shape index (κ1) is 70.5. The highest BCUT2D eigenvalue weighted by Gasteiger charge is 2.50. The summed E-state index contributed by atoms with van der Waals surface area (Å²) >= 11 is 0. The molecule has 1 saturated heterocycles. The van der Waals surface area contributed by atoms with Crippen LogP contribution in [0, 0.1) is 0 Å². The van der Waals surface area contributed by atoms with Crippen molar-refractivity contribution in [3.63, 3.8) is 0 Å². The van der Waals surface area contributed by atoms with Crippen molar-refractivity contribution in [2.24, 2.45) is 0 Å². The number of ether oxygens (including phenoxy) is 5. The topological polar surface area (TPSA) is 175 Å². The zero-order valence-corrected chi connectivity index (χ0v) is 48.6. The first-order valence-corrected chi connectivity index (χ1v) is 31.7. The van der Waals surface area contributed by atoms with Crippen molar-refractivity contribution < 1.29 is 58.2 Å². The molecule has 0 amide bonds. The largest absolute Gasteiger partial charge is 0.479 e. The monoisotopic (exact) mass is 1060 g/mol. The Bertz CT molecular complexity index is 1360. The van der Waals surface area contributed by atoms with Gasteiger partial charge in [0.2, 0.25) is 0 Å². The van der Waals surface area contributed by atoms with Gasteiger partial charge in [-0.25, -0.2) is 4.79 Å². The van der Waals surface area contributed by atoms with Crippen molar-refractivity contribution in [2.75, 3.05) is 13.2 Å². The fourth-order valence-corrected chi connectivity index (χ4v) is 9.95. The Balaban J connectivity index is 2.62. The van der Waals surface area contributed by atoms with Gasteiger partial charge in [-0.3, -0.25) is 14.4 Å². The van der Waals surface area contributed by atoms with E-state index in [0.29, 0.717) is 19.3 Å². The number of esters is 3. The maximum absolute atomic E-state index is 13.1. The molecule has 0 aromatic rings. The van der Waals surface area contributed by atoms with E-state index < -0.39 is 67.3 Å². The number of rotatable bonds is 55. The van der Waals surface area contributed by atoms with Crippen LogP contribution in [-0.2, 0) is 42.9 Å². The van der Waals surface area contributed by atoms with E-state index in [-0.39, 0.29) is 25.9 Å². The molecule has 1 fully saturated rings. The van der Waals surface area contributed by atoms with Crippen LogP contribution in [0.2, 0.25) is 0 Å². The average Bonchev–Trinajstić information content (AvgIpc) is 3.39. The van der Waals surface area contributed by atoms with Crippen LogP contribution in [0.5, 0.6) is 0 Å². The van der Waals surface area contributed by atoms with E-state index in [4.69, 9.17) is 23.7 Å². The minimum atomic E-state index is -1.90. The summed E-state index contributed by atoms with van der Waals surface area (Å²) in [7, 11) is 0. The molecule has 1 aliphatic rings. The molecule has 0 bridgehead atoms. The summed E-state index contributed by atoms with van der Waals surface area (Å²) in [4.78, 5) is 51.2. The fraction of sp³-hybridized carbons (Fsp3) is 0.905. The minimum absolute atomic E-state index is 0.0687. The normalized spacial score (nSPS) is 18.1. The van der Waals surface area contributed by atoms with Crippen LogP contribution in [0.15, 0.2) is 12.2 Å². The number of hydrogen-bond donors (Lipinski definition) is 3. The molecule has 0 radical (unpaired) electrons. The van der Waals surface area contributed by atoms with Gasteiger partial charge in [-0.1, -0.05) is 264 Å². The molecule has 1 rings (SSSR count). The molecule has 6 unspecified atom stereocenters. The number of carboxylic acids is 1. The Hall–Kier alpha value is -2.54. The van der Waals surface area contributed by atoms with E-state index in [0.717, 1.165) is 77.0 Å². The number of carbonyl (C=O) groups excluding carboxylic acids is 3. The summed E-state index contributed by atoms with van der Waals surface area (Å²) < 4.78 is 28.5. The number of aliphatic hydroxyl groups excluding tert-OH is 2. The van der Waals surface area contributed by atoms with Crippen molar-refractivity contribution >= 4 is 23.9 Å². The average molecular weight is 1070 g/mol. The molecule has 0 spiro atoms. The van der Waals surface area contributed by atoms with E-state index in [1.807, 2.05) is 0 Å². The van der Waals surface area contributed by atoms with Crippen molar-refractivity contribution in [1.29, 1.82) is 0 Å². The summed E-state index contributed by atoms with van der Waals surface area (Å²) in [5.74, 6) is -3.09. The molecule has 75 heavy (non-hydrogen) atoms. The first-order chi connectivity index (χ1) is 36.6. The van der Waals surface area contributed by atoms with E-state index in [1.54, 1.807) is 0 Å². The Morgan fingerprint density at radius 3 is 1.15 bits per heavy atom. The van der Waals surface area contributed by atoms with Gasteiger partial charge in [0.15, 0.2) is 24.6 Å². The van der Waals surface area contributed by atoms with Crippen LogP contribution < -0.4 is 0 Å². The number of aliphatic carboxylic acids is 1. The third-order valence-corrected chi connectivity index (χ3v) is 14.8. The lowest BCUT2D eigenvalue weighted by Gasteiger charge is -2.40. The molecular formula is C63H116O12. The molecular weight excluding hydrogens is 949 g/mol. The lowest BCUT2D eigenvalue weighted by Crippen LogP contribution is -2.61. The summed E-state index contributed by atoms with van der Waals surface area (Å²) in [6.07, 6.45) is 46.0. The van der Waals surface area contributed by atoms with Gasteiger partial charge in [-0.05, 0) is 44.9 Å². The predicted octanol–water partition coefficient (Wildman–Crippen LogP) is 16.5. The van der Waals surface area contributed by atoms with Crippen molar-refractivity contribution in [3.8, 4) is 0 Å². The molecule has 0 aromatic heterocycles. The molecule has 440 valence electrons. The summed E-state index contributed by atoms with van der Waals surface area (Å²) in [5, 5.41) is 31.5. The minimum Gasteiger partial charge on any atom is -0.479 e. The van der Waals surface area contributed by atoms with Crippen LogP contribution in [0.1, 0.15) is 316 Å². The fourth-order valence-electron chi connectivity index (χ4n) is 9.95. The van der Waals surface area contributed by atoms with Gasteiger partial charge in [0.05, 0.1) is 6.61 Å². The molecule has 1 heterocycles. The van der Waals surface area contributed by atoms with Gasteiger partial charge >= 0.3 is 23.9 Å². The van der Waals surface area contributed by atoms with Gasteiger partial charge in [-0.15, -0.1) is 0 Å². The van der Waals surface area contributed by atoms with Gasteiger partial charge in [0.25, 0.3) is 0 Å². The third-order valence-electron chi connectivity index (χ3n) is 14.8. The van der Waals surface area contributed by atoms with Gasteiger partial charge in [0, 0.05) is 19.3 Å². The second kappa shape index (κ2) is 52.2. The quantitative estimate of drug-likeness (QED) is 0.0228. The lowest BCUT2D eigenvalue weighted by atomic mass is 9.98. The van der Waals surface area contributed by atoms with Crippen LogP contribution in [0.4, 0.5) is 0 Å². The number of carbonyl (C=O) groups is 4. The van der Waals surface area contributed by atoms with Gasteiger partial charge in [0.1, 0.15) is 18.8 Å². The zero-order chi connectivity index (χ0) is 54.7. The van der Waals surface area contributed by atoms with Crippen molar-refractivity contribution in [3.05, 3.63) is 12.2 Å². The van der Waals surface area contributed by atoms with Crippen LogP contribution in [-0.4, -0.2) is 89.2 Å². The molecule has 0 aromatic carbocycles. The number of carboxylic acid groups (broad SMARTS) is 1. The smallest absolute Gasteiger partial charge is 0.335 e. The number of aliphatic hydroxyl groups is 2. The molecule has 0 saturated carbocycles. The standard InChI is InChI=1S/C63H116O12/c1-4-7-10-13-16-19-22-25-26-27-28-29-30-33-36-39-42-45-48-51-57(66)74-61-59(68)58(67)60(62(69)70)75-63(61)72-53-54(73-56(65)50-47-44-41-38-35-32-24-21-18-15-12-9-6-3)52-71-55(64)49-46-43-40-37-34-31-23-20-17-14-11-8-5-2/h20,23,54,58-61,63,67-68H,4-19,21-22,24-53H2,1-3H3,(H,69,70)/b23-20-. The lowest BCUT2D eigenvalue weighted by molar-refractivity contribution is -0.301. The van der Waals surface area contributed by atoms with E-state index >= 15 is 0 Å².